The lowest BCUT2D eigenvalue weighted by atomic mass is 10.3. The molecule has 0 fully saturated rings. The van der Waals surface area contributed by atoms with Crippen molar-refractivity contribution in [3.8, 4) is 0 Å². The van der Waals surface area contributed by atoms with Crippen LogP contribution in [0.2, 0.25) is 5.02 Å². The maximum atomic E-state index is 13.3. The Kier molecular flexibility index (Phi) is 5.49. The molecule has 0 bridgehead atoms. The molecule has 0 saturated carbocycles. The smallest absolute Gasteiger partial charge is 0.330 e. The molecule has 1 aromatic rings. The van der Waals surface area contributed by atoms with E-state index in [0.717, 1.165) is 0 Å². The summed E-state index contributed by atoms with van der Waals surface area (Å²) in [5, 5.41) is 3.15. The number of anilines is 1. The van der Waals surface area contributed by atoms with E-state index in [2.05, 4.69) is 10.1 Å². The lowest BCUT2D eigenvalue weighted by molar-refractivity contribution is -0.137. The summed E-state index contributed by atoms with van der Waals surface area (Å²) in [5.41, 5.74) is 0.336. The van der Waals surface area contributed by atoms with Crippen LogP contribution in [0.1, 0.15) is 6.92 Å². The van der Waals surface area contributed by atoms with Crippen molar-refractivity contribution < 1.29 is 13.9 Å². The molecule has 0 heterocycles. The molecule has 3 nitrogen and oxygen atoms in total. The standard InChI is InChI=1S/C12H13ClFNO2/c1-2-17-12(16)4-3-7-15-11-6-5-9(13)8-10(11)14/h3-6,8,15H,2,7H2,1H3/b4-3+. The molecule has 0 radical (unpaired) electrons. The molecule has 92 valence electrons. The molecule has 0 atom stereocenters. The van der Waals surface area contributed by atoms with Crippen molar-refractivity contribution in [2.24, 2.45) is 0 Å². The first-order chi connectivity index (χ1) is 8.13. The molecule has 1 N–H and O–H groups in total. The van der Waals surface area contributed by atoms with Crippen LogP contribution in [0, 0.1) is 5.82 Å². The Balaban J connectivity index is 2.43. The lowest BCUT2D eigenvalue weighted by Gasteiger charge is -2.04. The first kappa shape index (κ1) is 13.5. The molecule has 0 aliphatic carbocycles. The fraction of sp³-hybridized carbons (Fsp3) is 0.250. The van der Waals surface area contributed by atoms with Gasteiger partial charge in [-0.05, 0) is 25.1 Å². The molecule has 0 aliphatic rings. The van der Waals surface area contributed by atoms with Gasteiger partial charge in [-0.25, -0.2) is 9.18 Å². The number of benzene rings is 1. The summed E-state index contributed by atoms with van der Waals surface area (Å²) < 4.78 is 18.0. The summed E-state index contributed by atoms with van der Waals surface area (Å²) in [7, 11) is 0. The van der Waals surface area contributed by atoms with E-state index < -0.39 is 11.8 Å². The van der Waals surface area contributed by atoms with Crippen LogP contribution in [-0.4, -0.2) is 19.1 Å². The summed E-state index contributed by atoms with van der Waals surface area (Å²) in [4.78, 5) is 10.9. The van der Waals surface area contributed by atoms with E-state index in [1.54, 1.807) is 19.1 Å². The van der Waals surface area contributed by atoms with E-state index in [1.807, 2.05) is 0 Å². The number of carbonyl (C=O) groups is 1. The van der Waals surface area contributed by atoms with Gasteiger partial charge >= 0.3 is 5.97 Å². The van der Waals surface area contributed by atoms with Gasteiger partial charge in [0.25, 0.3) is 0 Å². The van der Waals surface area contributed by atoms with Crippen LogP contribution in [0.5, 0.6) is 0 Å². The SMILES string of the molecule is CCOC(=O)/C=C/CNc1ccc(Cl)cc1F. The highest BCUT2D eigenvalue weighted by Crippen LogP contribution is 2.18. The summed E-state index contributed by atoms with van der Waals surface area (Å²) >= 11 is 5.61. The third kappa shape index (κ3) is 4.87. The van der Waals surface area contributed by atoms with Crippen molar-refractivity contribution in [3.63, 3.8) is 0 Å². The summed E-state index contributed by atoms with van der Waals surface area (Å²) in [5.74, 6) is -0.840. The fourth-order valence-corrected chi connectivity index (χ4v) is 1.31. The zero-order valence-corrected chi connectivity index (χ0v) is 10.1. The summed E-state index contributed by atoms with van der Waals surface area (Å²) in [6.07, 6.45) is 2.86. The molecule has 0 amide bonds. The van der Waals surface area contributed by atoms with Crippen LogP contribution in [0.15, 0.2) is 30.4 Å². The number of ether oxygens (including phenoxy) is 1. The van der Waals surface area contributed by atoms with Crippen LogP contribution in [0.25, 0.3) is 0 Å². The van der Waals surface area contributed by atoms with Crippen molar-refractivity contribution in [2.45, 2.75) is 6.92 Å². The van der Waals surface area contributed by atoms with Gasteiger partial charge in [-0.1, -0.05) is 17.7 Å². The van der Waals surface area contributed by atoms with Gasteiger partial charge in [0, 0.05) is 17.6 Å². The van der Waals surface area contributed by atoms with Gasteiger partial charge in [0.2, 0.25) is 0 Å². The Labute approximate surface area is 104 Å². The topological polar surface area (TPSA) is 38.3 Å². The highest BCUT2D eigenvalue weighted by atomic mass is 35.5. The molecule has 1 aromatic carbocycles. The maximum Gasteiger partial charge on any atom is 0.330 e. The van der Waals surface area contributed by atoms with E-state index in [4.69, 9.17) is 11.6 Å². The van der Waals surface area contributed by atoms with Gasteiger partial charge < -0.3 is 10.1 Å². The molecule has 0 aliphatic heterocycles. The van der Waals surface area contributed by atoms with E-state index in [1.165, 1.54) is 18.2 Å². The second-order valence-electron chi connectivity index (χ2n) is 3.16. The minimum Gasteiger partial charge on any atom is -0.463 e. The van der Waals surface area contributed by atoms with Crippen LogP contribution >= 0.6 is 11.6 Å². The molecule has 5 heteroatoms. The number of rotatable bonds is 5. The first-order valence-electron chi connectivity index (χ1n) is 5.15. The number of halogens is 2. The van der Waals surface area contributed by atoms with E-state index in [-0.39, 0.29) is 0 Å². The van der Waals surface area contributed by atoms with E-state index >= 15 is 0 Å². The Morgan fingerprint density at radius 3 is 3.00 bits per heavy atom. The third-order valence-corrected chi connectivity index (χ3v) is 2.12. The molecular formula is C12H13ClFNO2. The van der Waals surface area contributed by atoms with Crippen LogP contribution in [-0.2, 0) is 9.53 Å². The van der Waals surface area contributed by atoms with Crippen molar-refractivity contribution in [3.05, 3.63) is 41.2 Å². The Morgan fingerprint density at radius 2 is 2.35 bits per heavy atom. The van der Waals surface area contributed by atoms with Gasteiger partial charge in [-0.3, -0.25) is 0 Å². The minimum atomic E-state index is -0.429. The number of carbonyl (C=O) groups excluding carboxylic acids is 1. The van der Waals surface area contributed by atoms with Crippen LogP contribution < -0.4 is 5.32 Å². The predicted octanol–water partition coefficient (Wildman–Crippen LogP) is 3.01. The summed E-state index contributed by atoms with van der Waals surface area (Å²) in [6, 6.07) is 4.34. The summed E-state index contributed by atoms with van der Waals surface area (Å²) in [6.45, 7) is 2.40. The molecule has 0 spiro atoms. The first-order valence-corrected chi connectivity index (χ1v) is 5.53. The van der Waals surface area contributed by atoms with Gasteiger partial charge in [0.1, 0.15) is 5.82 Å². The van der Waals surface area contributed by atoms with E-state index in [0.29, 0.717) is 23.9 Å². The fourth-order valence-electron chi connectivity index (χ4n) is 1.15. The average molecular weight is 258 g/mol. The van der Waals surface area contributed by atoms with Gasteiger partial charge in [0.15, 0.2) is 0 Å². The van der Waals surface area contributed by atoms with Gasteiger partial charge in [0.05, 0.1) is 12.3 Å². The zero-order valence-electron chi connectivity index (χ0n) is 9.37. The highest BCUT2D eigenvalue weighted by Gasteiger charge is 2.00. The van der Waals surface area contributed by atoms with Gasteiger partial charge in [-0.2, -0.15) is 0 Å². The quantitative estimate of drug-likeness (QED) is 0.651. The molecular weight excluding hydrogens is 245 g/mol. The van der Waals surface area contributed by atoms with Crippen LogP contribution in [0.4, 0.5) is 10.1 Å². The highest BCUT2D eigenvalue weighted by molar-refractivity contribution is 6.30. The van der Waals surface area contributed by atoms with Crippen molar-refractivity contribution >= 4 is 23.3 Å². The second kappa shape index (κ2) is 6.91. The number of nitrogens with one attached hydrogen (secondary N) is 1. The molecule has 17 heavy (non-hydrogen) atoms. The predicted molar refractivity (Wildman–Crippen MR) is 65.7 cm³/mol. The monoisotopic (exact) mass is 257 g/mol. The normalized spacial score (nSPS) is 10.5. The third-order valence-electron chi connectivity index (χ3n) is 1.88. The Hall–Kier alpha value is -1.55. The van der Waals surface area contributed by atoms with E-state index in [9.17, 15) is 9.18 Å². The van der Waals surface area contributed by atoms with Crippen molar-refractivity contribution in [1.82, 2.24) is 0 Å². The van der Waals surface area contributed by atoms with Gasteiger partial charge in [-0.15, -0.1) is 0 Å². The maximum absolute atomic E-state index is 13.3. The zero-order chi connectivity index (χ0) is 12.7. The van der Waals surface area contributed by atoms with Crippen molar-refractivity contribution in [1.29, 1.82) is 0 Å². The Morgan fingerprint density at radius 1 is 1.59 bits per heavy atom. The van der Waals surface area contributed by atoms with Crippen LogP contribution in [0.3, 0.4) is 0 Å². The number of esters is 1. The molecule has 0 unspecified atom stereocenters. The number of hydrogen-bond donors (Lipinski definition) is 1. The molecule has 0 saturated heterocycles. The number of hydrogen-bond acceptors (Lipinski definition) is 3. The second-order valence-corrected chi connectivity index (χ2v) is 3.60. The molecule has 0 aromatic heterocycles. The average Bonchev–Trinajstić information content (AvgIpc) is 2.27. The minimum absolute atomic E-state index is 0.331. The molecule has 1 rings (SSSR count). The van der Waals surface area contributed by atoms with Crippen molar-refractivity contribution in [2.75, 3.05) is 18.5 Å². The Bertz CT molecular complexity index is 421. The largest absolute Gasteiger partial charge is 0.463 e. The lowest BCUT2D eigenvalue weighted by Crippen LogP contribution is -2.03.